The van der Waals surface area contributed by atoms with Crippen LogP contribution in [-0.4, -0.2) is 24.6 Å². The number of rotatable bonds is 17. The van der Waals surface area contributed by atoms with Crippen LogP contribution in [0.2, 0.25) is 0 Å². The molecule has 0 nitrogen and oxygen atoms in total. The molecule has 0 aromatic carbocycles. The number of unbranched alkanes of at least 4 members (excludes halogenated alkanes) is 9. The van der Waals surface area contributed by atoms with Crippen LogP contribution in [0.1, 0.15) is 111 Å². The Balaban J connectivity index is 4.29. The first-order chi connectivity index (χ1) is 10.7. The van der Waals surface area contributed by atoms with Crippen LogP contribution in [0.25, 0.3) is 0 Å². The third kappa shape index (κ3) is 11.9. The van der Waals surface area contributed by atoms with Gasteiger partial charge in [0.1, 0.15) is 0 Å². The van der Waals surface area contributed by atoms with Gasteiger partial charge in [-0.3, -0.25) is 0 Å². The van der Waals surface area contributed by atoms with Crippen molar-refractivity contribution in [1.29, 1.82) is 0 Å². The maximum absolute atomic E-state index is 2.43. The third-order valence-electron chi connectivity index (χ3n) is 5.46. The van der Waals surface area contributed by atoms with Gasteiger partial charge in [0, 0.05) is 0 Å². The van der Waals surface area contributed by atoms with E-state index >= 15 is 0 Å². The SMILES string of the molecule is CCCCCCCC[PH](CCC)(CCCCC)CCCCC. The van der Waals surface area contributed by atoms with Crippen LogP contribution in [0.5, 0.6) is 0 Å². The molecule has 0 fully saturated rings. The molecule has 0 spiro atoms. The van der Waals surface area contributed by atoms with E-state index in [1.165, 1.54) is 77.0 Å². The first kappa shape index (κ1) is 22.4. The van der Waals surface area contributed by atoms with E-state index in [1.54, 1.807) is 31.1 Å². The van der Waals surface area contributed by atoms with E-state index in [9.17, 15) is 0 Å². The van der Waals surface area contributed by atoms with Crippen LogP contribution in [0.4, 0.5) is 0 Å². The molecule has 22 heavy (non-hydrogen) atoms. The van der Waals surface area contributed by atoms with Crippen LogP contribution in [-0.2, 0) is 0 Å². The predicted octanol–water partition coefficient (Wildman–Crippen LogP) is 7.89. The molecule has 0 bridgehead atoms. The van der Waals surface area contributed by atoms with Gasteiger partial charge in [-0.2, -0.15) is 0 Å². The predicted molar refractivity (Wildman–Crippen MR) is 111 cm³/mol. The summed E-state index contributed by atoms with van der Waals surface area (Å²) in [5, 5.41) is 0. The molecule has 0 aromatic heterocycles. The molecular weight excluding hydrogens is 283 g/mol. The van der Waals surface area contributed by atoms with Crippen molar-refractivity contribution in [2.45, 2.75) is 111 Å². The van der Waals surface area contributed by atoms with Crippen LogP contribution in [0, 0.1) is 0 Å². The molecule has 0 aromatic rings. The van der Waals surface area contributed by atoms with Gasteiger partial charge in [-0.1, -0.05) is 0 Å². The Morgan fingerprint density at radius 3 is 1.18 bits per heavy atom. The van der Waals surface area contributed by atoms with Crippen molar-refractivity contribution in [3.05, 3.63) is 0 Å². The molecule has 0 heterocycles. The van der Waals surface area contributed by atoms with Crippen LogP contribution in [0.3, 0.4) is 0 Å². The first-order valence-electron chi connectivity index (χ1n) is 10.7. The maximum atomic E-state index is 2.43. The summed E-state index contributed by atoms with van der Waals surface area (Å²) in [5.41, 5.74) is 0. The summed E-state index contributed by atoms with van der Waals surface area (Å²) in [5.74, 6) is 0. The monoisotopic (exact) mass is 330 g/mol. The fourth-order valence-electron chi connectivity index (χ4n) is 4.06. The first-order valence-corrected chi connectivity index (χ1v) is 13.6. The van der Waals surface area contributed by atoms with E-state index in [0.717, 1.165) is 0 Å². The van der Waals surface area contributed by atoms with Gasteiger partial charge >= 0.3 is 143 Å². The van der Waals surface area contributed by atoms with E-state index in [-0.39, 0.29) is 0 Å². The van der Waals surface area contributed by atoms with Gasteiger partial charge < -0.3 is 0 Å². The van der Waals surface area contributed by atoms with Crippen LogP contribution in [0.15, 0.2) is 0 Å². The van der Waals surface area contributed by atoms with Crippen molar-refractivity contribution in [3.63, 3.8) is 0 Å². The van der Waals surface area contributed by atoms with E-state index in [1.807, 2.05) is 0 Å². The standard InChI is InChI=1S/C21H47P/c1-5-9-12-13-14-17-21-22(18-8-4,19-15-10-6-2)20-16-11-7-3/h22H,5-21H2,1-4H3. The summed E-state index contributed by atoms with van der Waals surface area (Å²) in [6.45, 7) is 9.46. The third-order valence-corrected chi connectivity index (χ3v) is 11.3. The van der Waals surface area contributed by atoms with E-state index in [4.69, 9.17) is 0 Å². The molecule has 0 amide bonds. The molecule has 0 atom stereocenters. The second kappa shape index (κ2) is 16.3. The number of hydrogen-bond donors (Lipinski definition) is 0. The van der Waals surface area contributed by atoms with Gasteiger partial charge in [-0.05, 0) is 0 Å². The summed E-state index contributed by atoms with van der Waals surface area (Å²) < 4.78 is 0. The molecule has 0 rings (SSSR count). The Labute approximate surface area is 143 Å². The van der Waals surface area contributed by atoms with Crippen molar-refractivity contribution >= 4 is 7.26 Å². The van der Waals surface area contributed by atoms with Gasteiger partial charge in [0.15, 0.2) is 0 Å². The second-order valence-corrected chi connectivity index (χ2v) is 12.7. The Morgan fingerprint density at radius 2 is 0.727 bits per heavy atom. The summed E-state index contributed by atoms with van der Waals surface area (Å²) in [6.07, 6.45) is 25.7. The molecule has 0 unspecified atom stereocenters. The molecule has 0 aliphatic rings. The minimum atomic E-state index is -0.938. The summed E-state index contributed by atoms with van der Waals surface area (Å²) in [7, 11) is -0.938. The van der Waals surface area contributed by atoms with Crippen molar-refractivity contribution in [3.8, 4) is 0 Å². The minimum absolute atomic E-state index is 0.938. The Hall–Kier alpha value is 0.430. The van der Waals surface area contributed by atoms with Gasteiger partial charge in [0.25, 0.3) is 0 Å². The van der Waals surface area contributed by atoms with Gasteiger partial charge in [-0.15, -0.1) is 0 Å². The van der Waals surface area contributed by atoms with E-state index < -0.39 is 7.26 Å². The van der Waals surface area contributed by atoms with Crippen LogP contribution >= 0.6 is 7.26 Å². The Morgan fingerprint density at radius 1 is 0.364 bits per heavy atom. The molecule has 0 aliphatic carbocycles. The summed E-state index contributed by atoms with van der Waals surface area (Å²) in [6, 6.07) is 0. The molecule has 0 saturated heterocycles. The zero-order valence-corrected chi connectivity index (χ0v) is 17.5. The average Bonchev–Trinajstić information content (AvgIpc) is 2.51. The zero-order chi connectivity index (χ0) is 16.5. The van der Waals surface area contributed by atoms with Gasteiger partial charge in [-0.25, -0.2) is 0 Å². The molecule has 1 heteroatoms. The molecular formula is C21H47P. The van der Waals surface area contributed by atoms with Crippen LogP contribution < -0.4 is 0 Å². The Bertz CT molecular complexity index is 202. The van der Waals surface area contributed by atoms with E-state index in [0.29, 0.717) is 0 Å². The fraction of sp³-hybridized carbons (Fsp3) is 1.00. The Kier molecular flexibility index (Phi) is 16.6. The topological polar surface area (TPSA) is 0 Å². The quantitative estimate of drug-likeness (QED) is 0.188. The van der Waals surface area contributed by atoms with Gasteiger partial charge in [0.05, 0.1) is 0 Å². The van der Waals surface area contributed by atoms with Crippen molar-refractivity contribution in [1.82, 2.24) is 0 Å². The summed E-state index contributed by atoms with van der Waals surface area (Å²) >= 11 is 0. The second-order valence-electron chi connectivity index (χ2n) is 7.68. The zero-order valence-electron chi connectivity index (χ0n) is 16.5. The molecule has 0 radical (unpaired) electrons. The van der Waals surface area contributed by atoms with E-state index in [2.05, 4.69) is 27.7 Å². The van der Waals surface area contributed by atoms with Crippen molar-refractivity contribution in [2.75, 3.05) is 24.6 Å². The molecule has 136 valence electrons. The van der Waals surface area contributed by atoms with Crippen molar-refractivity contribution < 1.29 is 0 Å². The molecule has 0 saturated carbocycles. The molecule has 0 N–H and O–H groups in total. The number of hydrogen-bond acceptors (Lipinski definition) is 0. The normalized spacial score (nSPS) is 12.7. The fourth-order valence-corrected chi connectivity index (χ4v) is 9.62. The summed E-state index contributed by atoms with van der Waals surface area (Å²) in [4.78, 5) is 0. The van der Waals surface area contributed by atoms with Crippen molar-refractivity contribution in [2.24, 2.45) is 0 Å². The van der Waals surface area contributed by atoms with Gasteiger partial charge in [0.2, 0.25) is 0 Å². The molecule has 0 aliphatic heterocycles. The average molecular weight is 331 g/mol.